The monoisotopic (exact) mass is 665 g/mol. The highest BCUT2D eigenvalue weighted by atomic mass is 16.3. The van der Waals surface area contributed by atoms with E-state index >= 15 is 0 Å². The first-order chi connectivity index (χ1) is 24.2. The van der Waals surface area contributed by atoms with Gasteiger partial charge in [-0.15, -0.1) is 0 Å². The molecular formula is C49H47NO. The van der Waals surface area contributed by atoms with Gasteiger partial charge in [0.25, 0.3) is 0 Å². The van der Waals surface area contributed by atoms with Crippen molar-refractivity contribution in [1.82, 2.24) is 0 Å². The molecule has 0 fully saturated rings. The molecule has 9 rings (SSSR count). The minimum Gasteiger partial charge on any atom is -0.456 e. The highest BCUT2D eigenvalue weighted by Gasteiger charge is 2.38. The van der Waals surface area contributed by atoms with E-state index in [0.29, 0.717) is 5.92 Å². The van der Waals surface area contributed by atoms with E-state index in [1.807, 2.05) is 0 Å². The Balaban J connectivity index is 1.25. The molecule has 2 aliphatic carbocycles. The average molecular weight is 666 g/mol. The van der Waals surface area contributed by atoms with Crippen molar-refractivity contribution >= 4 is 39.0 Å². The highest BCUT2D eigenvalue weighted by Crippen LogP contribution is 2.54. The Labute approximate surface area is 302 Å². The lowest BCUT2D eigenvalue weighted by molar-refractivity contribution is 0.584. The number of furan rings is 1. The summed E-state index contributed by atoms with van der Waals surface area (Å²) >= 11 is 0. The molecule has 254 valence electrons. The van der Waals surface area contributed by atoms with Gasteiger partial charge < -0.3 is 9.32 Å². The summed E-state index contributed by atoms with van der Waals surface area (Å²) in [6.07, 6.45) is 0. The molecule has 0 N–H and O–H groups in total. The fourth-order valence-corrected chi connectivity index (χ4v) is 9.01. The fraction of sp³-hybridized carbons (Fsp3) is 0.265. The lowest BCUT2D eigenvalue weighted by atomic mass is 9.79. The number of nitrogens with zero attached hydrogens (tertiary/aromatic N) is 1. The van der Waals surface area contributed by atoms with Gasteiger partial charge in [0, 0.05) is 38.7 Å². The largest absolute Gasteiger partial charge is 0.456 e. The molecule has 0 bridgehead atoms. The van der Waals surface area contributed by atoms with Crippen LogP contribution in [0.5, 0.6) is 0 Å². The number of rotatable bonds is 4. The van der Waals surface area contributed by atoms with Crippen molar-refractivity contribution in [2.45, 2.75) is 84.5 Å². The van der Waals surface area contributed by atoms with Crippen LogP contribution in [0.3, 0.4) is 0 Å². The summed E-state index contributed by atoms with van der Waals surface area (Å²) in [6, 6.07) is 43.5. The molecule has 0 amide bonds. The van der Waals surface area contributed by atoms with Crippen molar-refractivity contribution in [3.63, 3.8) is 0 Å². The second-order valence-electron chi connectivity index (χ2n) is 17.3. The van der Waals surface area contributed by atoms with E-state index < -0.39 is 0 Å². The van der Waals surface area contributed by atoms with Crippen molar-refractivity contribution in [2.24, 2.45) is 0 Å². The molecule has 2 nitrogen and oxygen atoms in total. The van der Waals surface area contributed by atoms with Gasteiger partial charge in [-0.05, 0) is 109 Å². The molecule has 0 radical (unpaired) electrons. The average Bonchev–Trinajstić information content (AvgIpc) is 3.67. The van der Waals surface area contributed by atoms with Gasteiger partial charge in [-0.1, -0.05) is 135 Å². The smallest absolute Gasteiger partial charge is 0.138 e. The van der Waals surface area contributed by atoms with Crippen LogP contribution in [0.1, 0.15) is 102 Å². The van der Waals surface area contributed by atoms with Crippen molar-refractivity contribution in [3.05, 3.63) is 149 Å². The van der Waals surface area contributed by atoms with Gasteiger partial charge in [0.1, 0.15) is 11.2 Å². The van der Waals surface area contributed by atoms with Gasteiger partial charge in [-0.3, -0.25) is 0 Å². The molecule has 6 aromatic carbocycles. The molecule has 0 spiro atoms. The lowest BCUT2D eigenvalue weighted by Gasteiger charge is -2.30. The Morgan fingerprint density at radius 3 is 1.73 bits per heavy atom. The third kappa shape index (κ3) is 4.61. The molecule has 51 heavy (non-hydrogen) atoms. The number of hydrogen-bond acceptors (Lipinski definition) is 2. The van der Waals surface area contributed by atoms with Crippen LogP contribution in [0.2, 0.25) is 0 Å². The summed E-state index contributed by atoms with van der Waals surface area (Å²) in [5.41, 5.74) is 18.8. The zero-order valence-corrected chi connectivity index (χ0v) is 31.4. The third-order valence-corrected chi connectivity index (χ3v) is 12.0. The van der Waals surface area contributed by atoms with Gasteiger partial charge in [0.2, 0.25) is 0 Å². The van der Waals surface area contributed by atoms with E-state index in [2.05, 4.69) is 182 Å². The minimum absolute atomic E-state index is 0.0919. The Morgan fingerprint density at radius 2 is 1.08 bits per heavy atom. The lowest BCUT2D eigenvalue weighted by Crippen LogP contribution is -2.19. The first-order valence-corrected chi connectivity index (χ1v) is 18.5. The molecule has 0 saturated heterocycles. The van der Waals surface area contributed by atoms with E-state index in [1.54, 1.807) is 0 Å². The fourth-order valence-electron chi connectivity index (χ4n) is 9.01. The topological polar surface area (TPSA) is 16.4 Å². The van der Waals surface area contributed by atoms with Crippen LogP contribution < -0.4 is 4.90 Å². The maximum absolute atomic E-state index is 6.55. The van der Waals surface area contributed by atoms with Crippen LogP contribution in [-0.2, 0) is 16.2 Å². The number of benzene rings is 6. The molecule has 0 saturated carbocycles. The molecule has 1 heterocycles. The van der Waals surface area contributed by atoms with E-state index in [9.17, 15) is 0 Å². The number of anilines is 3. The summed E-state index contributed by atoms with van der Waals surface area (Å²) < 4.78 is 6.55. The molecular weight excluding hydrogens is 619 g/mol. The Hall–Kier alpha value is -5.08. The van der Waals surface area contributed by atoms with Gasteiger partial charge in [-0.2, -0.15) is 0 Å². The van der Waals surface area contributed by atoms with Crippen molar-refractivity contribution in [1.29, 1.82) is 0 Å². The Kier molecular flexibility index (Phi) is 6.70. The molecule has 0 aliphatic heterocycles. The number of para-hydroxylation sites is 1. The van der Waals surface area contributed by atoms with Crippen LogP contribution in [0.15, 0.2) is 120 Å². The molecule has 2 aliphatic rings. The van der Waals surface area contributed by atoms with Crippen LogP contribution in [0.4, 0.5) is 17.1 Å². The molecule has 0 unspecified atom stereocenters. The van der Waals surface area contributed by atoms with E-state index in [-0.39, 0.29) is 16.2 Å². The molecule has 2 heteroatoms. The zero-order chi connectivity index (χ0) is 35.6. The van der Waals surface area contributed by atoms with Crippen LogP contribution in [-0.4, -0.2) is 0 Å². The summed E-state index contributed by atoms with van der Waals surface area (Å²) in [5.74, 6) is 0.377. The summed E-state index contributed by atoms with van der Waals surface area (Å²) in [6.45, 7) is 20.9. The van der Waals surface area contributed by atoms with Crippen molar-refractivity contribution in [2.75, 3.05) is 4.90 Å². The number of hydrogen-bond donors (Lipinski definition) is 0. The second-order valence-corrected chi connectivity index (χ2v) is 17.3. The molecule has 0 atom stereocenters. The Bertz CT molecular complexity index is 2550. The predicted octanol–water partition coefficient (Wildman–Crippen LogP) is 14.1. The van der Waals surface area contributed by atoms with Gasteiger partial charge in [0.05, 0.1) is 0 Å². The van der Waals surface area contributed by atoms with Crippen LogP contribution >= 0.6 is 0 Å². The van der Waals surface area contributed by atoms with Crippen LogP contribution in [0, 0.1) is 0 Å². The first kappa shape index (κ1) is 31.9. The van der Waals surface area contributed by atoms with Crippen LogP contribution in [0.25, 0.3) is 44.2 Å². The van der Waals surface area contributed by atoms with Gasteiger partial charge in [0.15, 0.2) is 0 Å². The van der Waals surface area contributed by atoms with E-state index in [0.717, 1.165) is 33.6 Å². The van der Waals surface area contributed by atoms with E-state index in [1.165, 1.54) is 61.0 Å². The predicted molar refractivity (Wildman–Crippen MR) is 216 cm³/mol. The highest BCUT2D eigenvalue weighted by molar-refractivity contribution is 6.07. The third-order valence-electron chi connectivity index (χ3n) is 12.0. The van der Waals surface area contributed by atoms with Crippen molar-refractivity contribution in [3.8, 4) is 22.3 Å². The molecule has 7 aromatic rings. The maximum Gasteiger partial charge on any atom is 0.138 e. The summed E-state index contributed by atoms with van der Waals surface area (Å²) in [7, 11) is 0. The maximum atomic E-state index is 6.55. The number of fused-ring (bicyclic) bond motifs is 9. The van der Waals surface area contributed by atoms with Crippen molar-refractivity contribution < 1.29 is 4.42 Å². The quantitative estimate of drug-likeness (QED) is 0.186. The Morgan fingerprint density at radius 1 is 0.529 bits per heavy atom. The standard InChI is InChI=1S/C49H47NO/c1-29(2)34-14-12-15-39-40-26-31(20-24-45(40)51-46(34)39)50(32-18-22-37-35-13-10-11-16-41(35)48(6,7)43(37)27-32)33-19-23-38-36-21-17-30(47(3,4)5)25-42(36)49(8,9)44(38)28-33/h10-29H,1-9H3. The van der Waals surface area contributed by atoms with E-state index in [4.69, 9.17) is 4.42 Å². The first-order valence-electron chi connectivity index (χ1n) is 18.5. The zero-order valence-electron chi connectivity index (χ0n) is 31.4. The minimum atomic E-state index is -0.132. The summed E-state index contributed by atoms with van der Waals surface area (Å²) in [5, 5.41) is 2.32. The summed E-state index contributed by atoms with van der Waals surface area (Å²) in [4.78, 5) is 2.46. The SMILES string of the molecule is CC(C)c1cccc2c1oc1ccc(N(c3ccc4c(c3)C(C)(C)c3ccccc3-4)c3ccc4c(c3)C(C)(C)c3cc(C(C)(C)C)ccc3-4)cc12. The molecule has 1 aromatic heterocycles. The van der Waals surface area contributed by atoms with Gasteiger partial charge in [-0.25, -0.2) is 0 Å². The van der Waals surface area contributed by atoms with Gasteiger partial charge >= 0.3 is 0 Å². The second kappa shape index (κ2) is 10.7. The normalized spacial score (nSPS) is 15.3.